The zero-order valence-electron chi connectivity index (χ0n) is 9.96. The molecule has 0 bridgehead atoms. The third-order valence-corrected chi connectivity index (χ3v) is 2.47. The van der Waals surface area contributed by atoms with Crippen molar-refractivity contribution in [3.8, 4) is 0 Å². The van der Waals surface area contributed by atoms with Crippen LogP contribution in [0.25, 0.3) is 0 Å². The summed E-state index contributed by atoms with van der Waals surface area (Å²) in [7, 11) is 0. The molecule has 2 rings (SSSR count). The number of nitrogens with one attached hydrogen (secondary N) is 2. The number of hydrazine groups is 1. The van der Waals surface area contributed by atoms with E-state index in [1.54, 1.807) is 48.5 Å². The lowest BCUT2D eigenvalue weighted by molar-refractivity contribution is 0.0962. The second kappa shape index (κ2) is 5.63. The van der Waals surface area contributed by atoms with E-state index >= 15 is 0 Å². The van der Waals surface area contributed by atoms with Gasteiger partial charge in [0.1, 0.15) is 5.69 Å². The van der Waals surface area contributed by atoms with Gasteiger partial charge in [0, 0.05) is 11.3 Å². The van der Waals surface area contributed by atoms with Gasteiger partial charge in [-0.2, -0.15) is 0 Å². The number of hydrogen-bond acceptors (Lipinski definition) is 5. The normalized spacial score (nSPS) is 9.68. The van der Waals surface area contributed by atoms with Crippen molar-refractivity contribution in [2.24, 2.45) is 5.18 Å². The number of nitrogens with two attached hydrogens (primary N) is 1. The van der Waals surface area contributed by atoms with E-state index in [2.05, 4.69) is 16.0 Å². The molecule has 0 heterocycles. The van der Waals surface area contributed by atoms with Crippen LogP contribution in [0.3, 0.4) is 0 Å². The van der Waals surface area contributed by atoms with Crippen LogP contribution < -0.4 is 16.6 Å². The minimum Gasteiger partial charge on any atom is -0.399 e. The van der Waals surface area contributed by atoms with Crippen LogP contribution >= 0.6 is 0 Å². The van der Waals surface area contributed by atoms with Crippen LogP contribution in [0.2, 0.25) is 0 Å². The van der Waals surface area contributed by atoms with E-state index in [0.29, 0.717) is 22.6 Å². The monoisotopic (exact) mass is 256 g/mol. The van der Waals surface area contributed by atoms with Gasteiger partial charge in [-0.3, -0.25) is 15.6 Å². The molecular formula is C13H12N4O2. The smallest absolute Gasteiger partial charge is 0.269 e. The van der Waals surface area contributed by atoms with Crippen molar-refractivity contribution in [3.05, 3.63) is 59.0 Å². The molecule has 0 spiro atoms. The number of amides is 1. The summed E-state index contributed by atoms with van der Waals surface area (Å²) in [5, 5.41) is 2.79. The fourth-order valence-electron chi connectivity index (χ4n) is 1.44. The standard InChI is InChI=1S/C13H12N4O2/c14-10-3-1-9(2-4-10)13(18)16-15-11-5-7-12(17-19)8-6-11/h1-8,15H,14H2,(H,16,18). The molecule has 0 aliphatic rings. The number of hydrogen-bond donors (Lipinski definition) is 3. The van der Waals surface area contributed by atoms with Gasteiger partial charge in [-0.15, -0.1) is 4.91 Å². The van der Waals surface area contributed by atoms with E-state index in [1.807, 2.05) is 0 Å². The number of carbonyl (C=O) groups excluding carboxylic acids is 1. The van der Waals surface area contributed by atoms with Crippen LogP contribution in [-0.4, -0.2) is 5.91 Å². The lowest BCUT2D eigenvalue weighted by Crippen LogP contribution is -2.29. The first-order valence-corrected chi connectivity index (χ1v) is 5.54. The Labute approximate surface area is 109 Å². The van der Waals surface area contributed by atoms with E-state index in [4.69, 9.17) is 5.73 Å². The summed E-state index contributed by atoms with van der Waals surface area (Å²) < 4.78 is 0. The van der Waals surface area contributed by atoms with Gasteiger partial charge < -0.3 is 5.73 Å². The van der Waals surface area contributed by atoms with E-state index < -0.39 is 0 Å². The highest BCUT2D eigenvalue weighted by atomic mass is 16.3. The molecule has 0 saturated heterocycles. The second-order valence-corrected chi connectivity index (χ2v) is 3.84. The fraction of sp³-hybridized carbons (Fsp3) is 0. The average Bonchev–Trinajstić information content (AvgIpc) is 2.46. The summed E-state index contributed by atoms with van der Waals surface area (Å²) in [4.78, 5) is 22.0. The lowest BCUT2D eigenvalue weighted by Gasteiger charge is -2.08. The Morgan fingerprint density at radius 1 is 1.00 bits per heavy atom. The summed E-state index contributed by atoms with van der Waals surface area (Å²) in [5.74, 6) is -0.280. The Hall–Kier alpha value is -2.89. The van der Waals surface area contributed by atoms with Crippen LogP contribution in [0.15, 0.2) is 53.7 Å². The first-order valence-electron chi connectivity index (χ1n) is 5.54. The number of anilines is 2. The third-order valence-electron chi connectivity index (χ3n) is 2.47. The molecular weight excluding hydrogens is 244 g/mol. The quantitative estimate of drug-likeness (QED) is 0.444. The van der Waals surface area contributed by atoms with Gasteiger partial charge in [-0.05, 0) is 53.7 Å². The minimum atomic E-state index is -0.280. The molecule has 2 aromatic carbocycles. The number of benzene rings is 2. The maximum Gasteiger partial charge on any atom is 0.269 e. The van der Waals surface area contributed by atoms with Crippen molar-refractivity contribution in [2.45, 2.75) is 0 Å². The zero-order chi connectivity index (χ0) is 13.7. The van der Waals surface area contributed by atoms with Gasteiger partial charge in [0.15, 0.2) is 0 Å². The molecule has 6 nitrogen and oxygen atoms in total. The number of nitrogens with zero attached hydrogens (tertiary/aromatic N) is 1. The molecule has 0 aromatic heterocycles. The van der Waals surface area contributed by atoms with Crippen molar-refractivity contribution in [1.82, 2.24) is 5.43 Å². The van der Waals surface area contributed by atoms with E-state index in [9.17, 15) is 9.70 Å². The Kier molecular flexibility index (Phi) is 3.72. The molecule has 0 aliphatic heterocycles. The molecule has 6 heteroatoms. The van der Waals surface area contributed by atoms with Gasteiger partial charge >= 0.3 is 0 Å². The highest BCUT2D eigenvalue weighted by Gasteiger charge is 2.04. The number of rotatable bonds is 4. The average molecular weight is 256 g/mol. The van der Waals surface area contributed by atoms with Crippen molar-refractivity contribution >= 4 is 23.0 Å². The van der Waals surface area contributed by atoms with Crippen LogP contribution in [0, 0.1) is 4.91 Å². The van der Waals surface area contributed by atoms with Crippen molar-refractivity contribution in [2.75, 3.05) is 11.2 Å². The highest BCUT2D eigenvalue weighted by Crippen LogP contribution is 2.15. The molecule has 4 N–H and O–H groups in total. The Balaban J connectivity index is 1.96. The van der Waals surface area contributed by atoms with Gasteiger partial charge in [0.2, 0.25) is 0 Å². The first kappa shape index (κ1) is 12.6. The molecule has 0 radical (unpaired) electrons. The molecule has 0 unspecified atom stereocenters. The first-order chi connectivity index (χ1) is 9.19. The molecule has 0 aliphatic carbocycles. The summed E-state index contributed by atoms with van der Waals surface area (Å²) >= 11 is 0. The van der Waals surface area contributed by atoms with E-state index in [0.717, 1.165) is 0 Å². The molecule has 0 atom stereocenters. The van der Waals surface area contributed by atoms with Gasteiger partial charge in [-0.25, -0.2) is 0 Å². The zero-order valence-corrected chi connectivity index (χ0v) is 9.96. The van der Waals surface area contributed by atoms with Gasteiger partial charge in [-0.1, -0.05) is 0 Å². The van der Waals surface area contributed by atoms with Gasteiger partial charge in [0.25, 0.3) is 5.91 Å². The maximum absolute atomic E-state index is 11.8. The van der Waals surface area contributed by atoms with E-state index in [-0.39, 0.29) is 5.91 Å². The number of nitrogen functional groups attached to an aromatic ring is 1. The molecule has 96 valence electrons. The molecule has 2 aromatic rings. The summed E-state index contributed by atoms with van der Waals surface area (Å²) in [6.45, 7) is 0. The predicted octanol–water partition coefficient (Wildman–Crippen LogP) is 2.42. The van der Waals surface area contributed by atoms with Crippen molar-refractivity contribution in [1.29, 1.82) is 0 Å². The van der Waals surface area contributed by atoms with Crippen molar-refractivity contribution < 1.29 is 4.79 Å². The molecule has 0 saturated carbocycles. The maximum atomic E-state index is 11.8. The minimum absolute atomic E-state index is 0.280. The fourth-order valence-corrected chi connectivity index (χ4v) is 1.44. The molecule has 1 amide bonds. The Bertz CT molecular complexity index is 579. The largest absolute Gasteiger partial charge is 0.399 e. The highest BCUT2D eigenvalue weighted by molar-refractivity contribution is 5.95. The second-order valence-electron chi connectivity index (χ2n) is 3.84. The molecule has 19 heavy (non-hydrogen) atoms. The SMILES string of the molecule is Nc1ccc(C(=O)NNc2ccc(N=O)cc2)cc1. The Morgan fingerprint density at radius 3 is 2.21 bits per heavy atom. The van der Waals surface area contributed by atoms with Crippen molar-refractivity contribution in [3.63, 3.8) is 0 Å². The van der Waals surface area contributed by atoms with E-state index in [1.165, 1.54) is 0 Å². The predicted molar refractivity (Wildman–Crippen MR) is 73.8 cm³/mol. The van der Waals surface area contributed by atoms with Gasteiger partial charge in [0.05, 0.1) is 5.69 Å². The third kappa shape index (κ3) is 3.29. The Morgan fingerprint density at radius 2 is 1.63 bits per heavy atom. The number of nitroso groups, excluding NO2 is 1. The van der Waals surface area contributed by atoms with Crippen LogP contribution in [-0.2, 0) is 0 Å². The summed E-state index contributed by atoms with van der Waals surface area (Å²) in [5.41, 5.74) is 12.9. The number of carbonyl (C=O) groups is 1. The van der Waals surface area contributed by atoms with Crippen LogP contribution in [0.1, 0.15) is 10.4 Å². The van der Waals surface area contributed by atoms with Crippen LogP contribution in [0.5, 0.6) is 0 Å². The summed E-state index contributed by atoms with van der Waals surface area (Å²) in [6, 6.07) is 12.9. The summed E-state index contributed by atoms with van der Waals surface area (Å²) in [6.07, 6.45) is 0. The lowest BCUT2D eigenvalue weighted by atomic mass is 10.2. The molecule has 0 fully saturated rings. The topological polar surface area (TPSA) is 96.6 Å². The van der Waals surface area contributed by atoms with Crippen LogP contribution in [0.4, 0.5) is 17.1 Å².